The largest absolute Gasteiger partial charge is 0.340 e. The van der Waals surface area contributed by atoms with E-state index in [1.54, 1.807) is 11.3 Å². The number of halogens is 1. The number of nitrogens with zero attached hydrogens (tertiary/aromatic N) is 3. The lowest BCUT2D eigenvalue weighted by molar-refractivity contribution is -0.132. The molecule has 4 nitrogen and oxygen atoms in total. The van der Waals surface area contributed by atoms with Gasteiger partial charge in [-0.2, -0.15) is 0 Å². The van der Waals surface area contributed by atoms with Gasteiger partial charge in [-0.25, -0.2) is 4.98 Å². The third-order valence-electron chi connectivity index (χ3n) is 4.95. The fraction of sp³-hybridized carbons (Fsp3) is 0.273. The van der Waals surface area contributed by atoms with E-state index in [0.29, 0.717) is 6.42 Å². The van der Waals surface area contributed by atoms with Crippen molar-refractivity contribution in [1.29, 1.82) is 0 Å². The Morgan fingerprint density at radius 3 is 2.43 bits per heavy atom. The van der Waals surface area contributed by atoms with Crippen LogP contribution in [0, 0.1) is 0 Å². The van der Waals surface area contributed by atoms with Gasteiger partial charge >= 0.3 is 0 Å². The molecule has 1 fully saturated rings. The number of amides is 1. The summed E-state index contributed by atoms with van der Waals surface area (Å²) in [6.45, 7) is 4.20. The van der Waals surface area contributed by atoms with Crippen LogP contribution in [0.4, 0.5) is 0 Å². The highest BCUT2D eigenvalue weighted by Crippen LogP contribution is 2.24. The first-order valence-corrected chi connectivity index (χ1v) is 11.1. The third-order valence-corrected chi connectivity index (χ3v) is 6.42. The van der Waals surface area contributed by atoms with Crippen LogP contribution in [0.3, 0.4) is 0 Å². The quantitative estimate of drug-likeness (QED) is 0.569. The fourth-order valence-corrected chi connectivity index (χ4v) is 4.45. The molecule has 4 rings (SSSR count). The molecule has 0 atom stereocenters. The van der Waals surface area contributed by atoms with E-state index in [1.165, 1.54) is 5.56 Å². The number of hydrogen-bond donors (Lipinski definition) is 0. The first kappa shape index (κ1) is 19.3. The van der Waals surface area contributed by atoms with E-state index in [1.807, 2.05) is 47.4 Å². The van der Waals surface area contributed by atoms with Crippen LogP contribution in [0.15, 0.2) is 64.5 Å². The van der Waals surface area contributed by atoms with Gasteiger partial charge in [-0.15, -0.1) is 11.3 Å². The molecule has 1 saturated heterocycles. The van der Waals surface area contributed by atoms with Crippen LogP contribution in [-0.2, 0) is 17.8 Å². The van der Waals surface area contributed by atoms with E-state index in [2.05, 4.69) is 38.3 Å². The lowest BCUT2D eigenvalue weighted by Gasteiger charge is -2.34. The summed E-state index contributed by atoms with van der Waals surface area (Å²) >= 11 is 5.12. The van der Waals surface area contributed by atoms with Gasteiger partial charge in [-0.3, -0.25) is 9.69 Å². The molecule has 3 aromatic rings. The summed E-state index contributed by atoms with van der Waals surface area (Å²) < 4.78 is 1.04. The van der Waals surface area contributed by atoms with Gasteiger partial charge in [0.2, 0.25) is 5.91 Å². The molecule has 0 bridgehead atoms. The molecule has 144 valence electrons. The molecule has 1 aliphatic heterocycles. The lowest BCUT2D eigenvalue weighted by atomic mass is 10.1. The van der Waals surface area contributed by atoms with Crippen LogP contribution in [0.1, 0.15) is 11.3 Å². The minimum Gasteiger partial charge on any atom is -0.340 e. The fourth-order valence-electron chi connectivity index (χ4n) is 3.37. The molecule has 0 saturated carbocycles. The first-order valence-electron chi connectivity index (χ1n) is 9.42. The van der Waals surface area contributed by atoms with Gasteiger partial charge in [0, 0.05) is 48.1 Å². The zero-order valence-corrected chi connectivity index (χ0v) is 18.0. The molecule has 2 aromatic carbocycles. The normalized spacial score (nSPS) is 15.0. The number of hydrogen-bond acceptors (Lipinski definition) is 4. The second kappa shape index (κ2) is 8.99. The maximum atomic E-state index is 12.6. The highest BCUT2D eigenvalue weighted by molar-refractivity contribution is 9.10. The molecule has 0 spiro atoms. The predicted molar refractivity (Wildman–Crippen MR) is 117 cm³/mol. The van der Waals surface area contributed by atoms with Gasteiger partial charge in [0.1, 0.15) is 5.01 Å². The Hall–Kier alpha value is -2.02. The summed E-state index contributed by atoms with van der Waals surface area (Å²) in [5.41, 5.74) is 3.34. The van der Waals surface area contributed by atoms with Crippen LogP contribution >= 0.6 is 27.3 Å². The van der Waals surface area contributed by atoms with Gasteiger partial charge in [-0.1, -0.05) is 58.4 Å². The van der Waals surface area contributed by atoms with Gasteiger partial charge in [0.25, 0.3) is 0 Å². The molecule has 1 aliphatic rings. The predicted octanol–water partition coefficient (Wildman–Crippen LogP) is 4.46. The van der Waals surface area contributed by atoms with E-state index in [0.717, 1.165) is 53.5 Å². The molecule has 0 aliphatic carbocycles. The molecular weight excluding hydrogens is 434 g/mol. The monoisotopic (exact) mass is 455 g/mol. The van der Waals surface area contributed by atoms with Crippen molar-refractivity contribution in [2.24, 2.45) is 0 Å². The third kappa shape index (κ3) is 4.87. The summed E-state index contributed by atoms with van der Waals surface area (Å²) in [7, 11) is 0. The van der Waals surface area contributed by atoms with Crippen LogP contribution in [0.5, 0.6) is 0 Å². The Bertz CT molecular complexity index is 918. The zero-order valence-electron chi connectivity index (χ0n) is 15.6. The highest BCUT2D eigenvalue weighted by atomic mass is 79.9. The van der Waals surface area contributed by atoms with Crippen molar-refractivity contribution in [3.63, 3.8) is 0 Å². The van der Waals surface area contributed by atoms with Crippen LogP contribution in [0.25, 0.3) is 10.6 Å². The number of carbonyl (C=O) groups is 1. The Morgan fingerprint density at radius 1 is 1.00 bits per heavy atom. The maximum Gasteiger partial charge on any atom is 0.227 e. The molecular formula is C22H22BrN3OS. The van der Waals surface area contributed by atoms with Gasteiger partial charge in [0.15, 0.2) is 0 Å². The summed E-state index contributed by atoms with van der Waals surface area (Å²) in [6, 6.07) is 18.3. The van der Waals surface area contributed by atoms with Crippen molar-refractivity contribution >= 4 is 33.2 Å². The smallest absolute Gasteiger partial charge is 0.227 e. The van der Waals surface area contributed by atoms with Gasteiger partial charge in [-0.05, 0) is 17.7 Å². The molecule has 28 heavy (non-hydrogen) atoms. The second-order valence-electron chi connectivity index (χ2n) is 6.97. The number of piperazine rings is 1. The Morgan fingerprint density at radius 2 is 1.71 bits per heavy atom. The van der Waals surface area contributed by atoms with E-state index in [-0.39, 0.29) is 5.91 Å². The summed E-state index contributed by atoms with van der Waals surface area (Å²) in [5, 5.41) is 3.21. The van der Waals surface area contributed by atoms with Crippen molar-refractivity contribution in [1.82, 2.24) is 14.8 Å². The molecule has 6 heteroatoms. The Kier molecular flexibility index (Phi) is 6.20. The van der Waals surface area contributed by atoms with Crippen molar-refractivity contribution in [3.05, 3.63) is 75.7 Å². The summed E-state index contributed by atoms with van der Waals surface area (Å²) in [4.78, 5) is 21.7. The van der Waals surface area contributed by atoms with E-state index in [9.17, 15) is 4.79 Å². The number of aromatic nitrogens is 1. The number of thiazole rings is 1. The Labute approximate surface area is 178 Å². The molecule has 1 aromatic heterocycles. The van der Waals surface area contributed by atoms with Crippen molar-refractivity contribution in [2.75, 3.05) is 26.2 Å². The summed E-state index contributed by atoms with van der Waals surface area (Å²) in [6.07, 6.45) is 0.472. The van der Waals surface area contributed by atoms with Crippen LogP contribution in [0.2, 0.25) is 0 Å². The second-order valence-corrected chi connectivity index (χ2v) is 8.74. The highest BCUT2D eigenvalue weighted by Gasteiger charge is 2.21. The minimum absolute atomic E-state index is 0.210. The molecule has 0 radical (unpaired) electrons. The summed E-state index contributed by atoms with van der Waals surface area (Å²) in [5.74, 6) is 0.210. The average molecular weight is 456 g/mol. The molecule has 0 N–H and O–H groups in total. The number of rotatable bonds is 5. The van der Waals surface area contributed by atoms with Gasteiger partial charge < -0.3 is 4.90 Å². The lowest BCUT2D eigenvalue weighted by Crippen LogP contribution is -2.48. The van der Waals surface area contributed by atoms with Crippen LogP contribution in [-0.4, -0.2) is 46.9 Å². The zero-order chi connectivity index (χ0) is 19.3. The van der Waals surface area contributed by atoms with E-state index >= 15 is 0 Å². The number of benzene rings is 2. The van der Waals surface area contributed by atoms with Crippen molar-refractivity contribution in [3.8, 4) is 10.6 Å². The molecule has 2 heterocycles. The minimum atomic E-state index is 0.210. The standard InChI is InChI=1S/C22H22BrN3OS/c23-19-8-6-17(7-9-19)14-21(27)26-12-10-25(11-13-26)15-20-16-28-22(24-20)18-4-2-1-3-5-18/h1-9,16H,10-15H2. The van der Waals surface area contributed by atoms with Crippen molar-refractivity contribution < 1.29 is 4.79 Å². The molecule has 0 unspecified atom stereocenters. The van der Waals surface area contributed by atoms with Crippen molar-refractivity contribution in [2.45, 2.75) is 13.0 Å². The Balaban J connectivity index is 1.28. The van der Waals surface area contributed by atoms with E-state index < -0.39 is 0 Å². The maximum absolute atomic E-state index is 12.6. The number of carbonyl (C=O) groups excluding carboxylic acids is 1. The first-order chi connectivity index (χ1) is 13.7. The SMILES string of the molecule is O=C(Cc1ccc(Br)cc1)N1CCN(Cc2csc(-c3ccccc3)n2)CC1. The van der Waals surface area contributed by atoms with Crippen LogP contribution < -0.4 is 0 Å². The topological polar surface area (TPSA) is 36.4 Å². The average Bonchev–Trinajstić information content (AvgIpc) is 3.19. The van der Waals surface area contributed by atoms with Gasteiger partial charge in [0.05, 0.1) is 12.1 Å². The van der Waals surface area contributed by atoms with E-state index in [4.69, 9.17) is 4.98 Å². The molecule has 1 amide bonds.